The average molecular weight is 187 g/mol. The molecule has 0 atom stereocenters. The first-order valence-corrected chi connectivity index (χ1v) is 4.49. The molecule has 3 heteroatoms. The lowest BCUT2D eigenvalue weighted by Gasteiger charge is -2.14. The van der Waals surface area contributed by atoms with Crippen molar-refractivity contribution in [2.24, 2.45) is 0 Å². The molecule has 3 nitrogen and oxygen atoms in total. The molecule has 0 fully saturated rings. The van der Waals surface area contributed by atoms with Crippen LogP contribution in [0, 0.1) is 0 Å². The van der Waals surface area contributed by atoms with Crippen LogP contribution in [0.15, 0.2) is 34.9 Å². The predicted molar refractivity (Wildman–Crippen MR) is 52.6 cm³/mol. The van der Waals surface area contributed by atoms with E-state index >= 15 is 0 Å². The highest BCUT2D eigenvalue weighted by molar-refractivity contribution is 5.88. The van der Waals surface area contributed by atoms with Gasteiger partial charge in [0.15, 0.2) is 0 Å². The molecule has 0 saturated carbocycles. The summed E-state index contributed by atoms with van der Waals surface area (Å²) in [6.07, 6.45) is 3.51. The maximum Gasteiger partial charge on any atom is 0.135 e. The normalized spacial score (nSPS) is 14.8. The SMILES string of the molecule is ON1C=Cc2c(oc3ccccc23)C1. The van der Waals surface area contributed by atoms with E-state index in [-0.39, 0.29) is 0 Å². The molecule has 70 valence electrons. The van der Waals surface area contributed by atoms with E-state index in [2.05, 4.69) is 0 Å². The summed E-state index contributed by atoms with van der Waals surface area (Å²) in [5.41, 5.74) is 1.95. The molecule has 0 amide bonds. The summed E-state index contributed by atoms with van der Waals surface area (Å²) in [6, 6.07) is 7.88. The number of hydrogen-bond donors (Lipinski definition) is 1. The van der Waals surface area contributed by atoms with Crippen LogP contribution in [0.5, 0.6) is 0 Å². The topological polar surface area (TPSA) is 36.6 Å². The van der Waals surface area contributed by atoms with Crippen molar-refractivity contribution in [1.82, 2.24) is 5.06 Å². The lowest BCUT2D eigenvalue weighted by atomic mass is 10.1. The van der Waals surface area contributed by atoms with Crippen LogP contribution >= 0.6 is 0 Å². The molecule has 1 N–H and O–H groups in total. The van der Waals surface area contributed by atoms with Crippen molar-refractivity contribution in [3.63, 3.8) is 0 Å². The largest absolute Gasteiger partial charge is 0.458 e. The van der Waals surface area contributed by atoms with Gasteiger partial charge in [0.05, 0.1) is 0 Å². The molecule has 0 unspecified atom stereocenters. The Morgan fingerprint density at radius 2 is 2.14 bits per heavy atom. The maximum atomic E-state index is 9.27. The van der Waals surface area contributed by atoms with Crippen LogP contribution in [0.1, 0.15) is 11.3 Å². The second-order valence-electron chi connectivity index (χ2n) is 3.35. The maximum absolute atomic E-state index is 9.27. The standard InChI is InChI=1S/C11H9NO2/c13-12-6-5-9-8-3-1-2-4-10(8)14-11(9)7-12/h1-6,13H,7H2. The fourth-order valence-corrected chi connectivity index (χ4v) is 1.78. The summed E-state index contributed by atoms with van der Waals surface area (Å²) in [5, 5.41) is 11.5. The zero-order chi connectivity index (χ0) is 9.54. The zero-order valence-corrected chi connectivity index (χ0v) is 7.47. The minimum atomic E-state index is 0.417. The second-order valence-corrected chi connectivity index (χ2v) is 3.35. The first-order chi connectivity index (χ1) is 6.84. The van der Waals surface area contributed by atoms with Crippen LogP contribution in [0.25, 0.3) is 17.0 Å². The van der Waals surface area contributed by atoms with E-state index in [9.17, 15) is 5.21 Å². The van der Waals surface area contributed by atoms with Gasteiger partial charge in [-0.15, -0.1) is 0 Å². The Hall–Kier alpha value is -1.74. The molecule has 14 heavy (non-hydrogen) atoms. The highest BCUT2D eigenvalue weighted by atomic mass is 16.5. The van der Waals surface area contributed by atoms with Crippen molar-refractivity contribution in [3.8, 4) is 0 Å². The van der Waals surface area contributed by atoms with Crippen molar-refractivity contribution in [1.29, 1.82) is 0 Å². The highest BCUT2D eigenvalue weighted by Crippen LogP contribution is 2.30. The first-order valence-electron chi connectivity index (χ1n) is 4.49. The van der Waals surface area contributed by atoms with Crippen molar-refractivity contribution in [2.75, 3.05) is 0 Å². The van der Waals surface area contributed by atoms with E-state index in [4.69, 9.17) is 4.42 Å². The third kappa shape index (κ3) is 0.961. The summed E-state index contributed by atoms with van der Waals surface area (Å²) in [7, 11) is 0. The van der Waals surface area contributed by atoms with Gasteiger partial charge >= 0.3 is 0 Å². The number of fused-ring (bicyclic) bond motifs is 3. The minimum absolute atomic E-state index is 0.417. The third-order valence-electron chi connectivity index (χ3n) is 2.43. The Balaban J connectivity index is 2.32. The molecule has 1 aliphatic heterocycles. The smallest absolute Gasteiger partial charge is 0.135 e. The third-order valence-corrected chi connectivity index (χ3v) is 2.43. The number of benzene rings is 1. The second kappa shape index (κ2) is 2.62. The molecule has 1 aromatic carbocycles. The summed E-state index contributed by atoms with van der Waals surface area (Å²) >= 11 is 0. The van der Waals surface area contributed by atoms with Gasteiger partial charge in [-0.05, 0) is 12.1 Å². The van der Waals surface area contributed by atoms with Crippen molar-refractivity contribution >= 4 is 17.0 Å². The number of para-hydroxylation sites is 1. The van der Waals surface area contributed by atoms with Gasteiger partial charge in [0.25, 0.3) is 0 Å². The van der Waals surface area contributed by atoms with E-state index in [1.54, 1.807) is 6.20 Å². The number of hydrogen-bond acceptors (Lipinski definition) is 3. The van der Waals surface area contributed by atoms with E-state index < -0.39 is 0 Å². The van der Waals surface area contributed by atoms with Gasteiger partial charge in [0.2, 0.25) is 0 Å². The summed E-state index contributed by atoms with van der Waals surface area (Å²) in [4.78, 5) is 0. The Morgan fingerprint density at radius 1 is 1.29 bits per heavy atom. The number of furan rings is 1. The molecule has 0 saturated heterocycles. The predicted octanol–water partition coefficient (Wildman–Crippen LogP) is 2.61. The molecule has 1 aliphatic rings. The molecule has 0 bridgehead atoms. The van der Waals surface area contributed by atoms with E-state index in [0.29, 0.717) is 6.54 Å². The Bertz CT molecular complexity index is 513. The number of nitrogens with zero attached hydrogens (tertiary/aromatic N) is 1. The average Bonchev–Trinajstić information content (AvgIpc) is 2.54. The minimum Gasteiger partial charge on any atom is -0.458 e. The van der Waals surface area contributed by atoms with Crippen LogP contribution in [0.2, 0.25) is 0 Å². The van der Waals surface area contributed by atoms with E-state index in [1.807, 2.05) is 30.3 Å². The number of hydroxylamine groups is 2. The van der Waals surface area contributed by atoms with Gasteiger partial charge in [-0.1, -0.05) is 18.2 Å². The summed E-state index contributed by atoms with van der Waals surface area (Å²) in [6.45, 7) is 0.417. The Labute approximate surface area is 80.8 Å². The van der Waals surface area contributed by atoms with Crippen molar-refractivity contribution in [3.05, 3.63) is 41.8 Å². The molecule has 0 radical (unpaired) electrons. The first kappa shape index (κ1) is 7.64. The highest BCUT2D eigenvalue weighted by Gasteiger charge is 2.16. The van der Waals surface area contributed by atoms with Gasteiger partial charge in [-0.3, -0.25) is 10.3 Å². The fourth-order valence-electron chi connectivity index (χ4n) is 1.78. The molecular formula is C11H9NO2. The van der Waals surface area contributed by atoms with Crippen LogP contribution in [0.3, 0.4) is 0 Å². The molecule has 2 heterocycles. The molecule has 0 aliphatic carbocycles. The van der Waals surface area contributed by atoms with Crippen molar-refractivity contribution < 1.29 is 9.62 Å². The lowest BCUT2D eigenvalue weighted by molar-refractivity contribution is -0.0539. The lowest BCUT2D eigenvalue weighted by Crippen LogP contribution is -2.13. The Kier molecular flexibility index (Phi) is 1.43. The number of rotatable bonds is 0. The quantitative estimate of drug-likeness (QED) is 0.688. The van der Waals surface area contributed by atoms with Crippen LogP contribution in [-0.2, 0) is 6.54 Å². The molecular weight excluding hydrogens is 178 g/mol. The molecule has 1 aromatic heterocycles. The van der Waals surface area contributed by atoms with Gasteiger partial charge in [-0.2, -0.15) is 0 Å². The summed E-state index contributed by atoms with van der Waals surface area (Å²) in [5.74, 6) is 0.816. The van der Waals surface area contributed by atoms with Crippen molar-refractivity contribution in [2.45, 2.75) is 6.54 Å². The summed E-state index contributed by atoms with van der Waals surface area (Å²) < 4.78 is 5.61. The van der Waals surface area contributed by atoms with Crippen LogP contribution in [-0.4, -0.2) is 10.3 Å². The Morgan fingerprint density at radius 3 is 3.07 bits per heavy atom. The fraction of sp³-hybridized carbons (Fsp3) is 0.0909. The van der Waals surface area contributed by atoms with Gasteiger partial charge in [0, 0.05) is 17.1 Å². The van der Waals surface area contributed by atoms with E-state index in [0.717, 1.165) is 27.4 Å². The monoisotopic (exact) mass is 187 g/mol. The van der Waals surface area contributed by atoms with Gasteiger partial charge in [0.1, 0.15) is 17.9 Å². The van der Waals surface area contributed by atoms with Gasteiger partial charge < -0.3 is 4.42 Å². The van der Waals surface area contributed by atoms with Gasteiger partial charge in [-0.25, -0.2) is 0 Å². The van der Waals surface area contributed by atoms with Crippen LogP contribution < -0.4 is 0 Å². The zero-order valence-electron chi connectivity index (χ0n) is 7.47. The van der Waals surface area contributed by atoms with E-state index in [1.165, 1.54) is 0 Å². The molecule has 3 rings (SSSR count). The van der Waals surface area contributed by atoms with Crippen LogP contribution in [0.4, 0.5) is 0 Å². The molecule has 0 spiro atoms. The molecule has 2 aromatic rings.